The van der Waals surface area contributed by atoms with Crippen molar-refractivity contribution in [2.24, 2.45) is 0 Å². The molecule has 3 amide bonds. The molecule has 0 spiro atoms. The monoisotopic (exact) mass is 517 g/mol. The van der Waals surface area contributed by atoms with Crippen molar-refractivity contribution in [3.63, 3.8) is 0 Å². The van der Waals surface area contributed by atoms with Crippen molar-refractivity contribution in [3.05, 3.63) is 99.7 Å². The van der Waals surface area contributed by atoms with Crippen LogP contribution in [0.1, 0.15) is 38.8 Å². The van der Waals surface area contributed by atoms with Gasteiger partial charge in [-0.15, -0.1) is 0 Å². The van der Waals surface area contributed by atoms with Crippen LogP contribution in [0.5, 0.6) is 0 Å². The fraction of sp³-hybridized carbons (Fsp3) is 0.143. The Morgan fingerprint density at radius 1 is 0.892 bits per heavy atom. The van der Waals surface area contributed by atoms with E-state index in [9.17, 15) is 19.2 Å². The third-order valence-corrected chi connectivity index (χ3v) is 6.22. The number of carbonyl (C=O) groups is 4. The third kappa shape index (κ3) is 5.24. The highest BCUT2D eigenvalue weighted by Gasteiger charge is 2.39. The molecule has 0 bridgehead atoms. The van der Waals surface area contributed by atoms with E-state index in [-0.39, 0.29) is 22.9 Å². The van der Waals surface area contributed by atoms with Crippen molar-refractivity contribution in [2.45, 2.75) is 20.8 Å². The molecule has 1 aliphatic rings. The first-order chi connectivity index (χ1) is 17.7. The van der Waals surface area contributed by atoms with Crippen molar-refractivity contribution in [1.29, 1.82) is 0 Å². The number of hydrogen-bond donors (Lipinski definition) is 2. The molecule has 0 fully saturated rings. The molecular weight excluding hydrogens is 494 g/mol. The zero-order valence-corrected chi connectivity index (χ0v) is 21.2. The summed E-state index contributed by atoms with van der Waals surface area (Å²) in [7, 11) is 0. The Morgan fingerprint density at radius 2 is 1.54 bits per heavy atom. The number of benzene rings is 3. The maximum absolute atomic E-state index is 13.2. The molecule has 2 N–H and O–H groups in total. The average Bonchev–Trinajstić information content (AvgIpc) is 3.09. The Morgan fingerprint density at radius 3 is 2.27 bits per heavy atom. The van der Waals surface area contributed by atoms with Crippen LogP contribution in [0.3, 0.4) is 0 Å². The predicted molar refractivity (Wildman–Crippen MR) is 142 cm³/mol. The van der Waals surface area contributed by atoms with Crippen molar-refractivity contribution in [1.82, 2.24) is 0 Å². The molecule has 0 atom stereocenters. The molecule has 37 heavy (non-hydrogen) atoms. The molecule has 0 saturated heterocycles. The van der Waals surface area contributed by atoms with E-state index < -0.39 is 23.7 Å². The first-order valence-corrected chi connectivity index (χ1v) is 11.9. The molecule has 1 aliphatic heterocycles. The number of ether oxygens (including phenoxy) is 1. The maximum Gasteiger partial charge on any atom is 0.338 e. The van der Waals surface area contributed by atoms with Gasteiger partial charge in [-0.25, -0.2) is 9.69 Å². The normalized spacial score (nSPS) is 13.1. The van der Waals surface area contributed by atoms with Crippen LogP contribution in [0.2, 0.25) is 0 Å². The number of nitrogens with zero attached hydrogens (tertiary/aromatic N) is 1. The number of hydrogen-bond acceptors (Lipinski definition) is 6. The Labute approximate surface area is 218 Å². The molecule has 0 aromatic heterocycles. The predicted octanol–water partition coefficient (Wildman–Crippen LogP) is 5.17. The van der Waals surface area contributed by atoms with Gasteiger partial charge in [-0.1, -0.05) is 35.9 Å². The highest BCUT2D eigenvalue weighted by atomic mass is 35.5. The highest BCUT2D eigenvalue weighted by molar-refractivity contribution is 6.53. The van der Waals surface area contributed by atoms with Gasteiger partial charge in [0.05, 0.1) is 17.9 Å². The quantitative estimate of drug-likeness (QED) is 0.331. The first kappa shape index (κ1) is 25.7. The van der Waals surface area contributed by atoms with Crippen molar-refractivity contribution < 1.29 is 23.9 Å². The fourth-order valence-corrected chi connectivity index (χ4v) is 4.04. The molecule has 3 aromatic carbocycles. The van der Waals surface area contributed by atoms with E-state index in [1.807, 2.05) is 19.9 Å². The summed E-state index contributed by atoms with van der Waals surface area (Å²) in [6.07, 6.45) is 0. The molecule has 4 rings (SSSR count). The molecule has 188 valence electrons. The molecule has 0 saturated carbocycles. The second-order valence-corrected chi connectivity index (χ2v) is 8.69. The number of halogens is 1. The zero-order chi connectivity index (χ0) is 26.7. The summed E-state index contributed by atoms with van der Waals surface area (Å²) in [4.78, 5) is 51.9. The van der Waals surface area contributed by atoms with Crippen molar-refractivity contribution in [2.75, 3.05) is 22.1 Å². The SMILES string of the molecule is CCOC(=O)c1cccc(NC(=O)c2cccc(NC3=C(Cl)C(=O)N(c4cccc(C)c4C)C3=O)c2)c1. The van der Waals surface area contributed by atoms with Gasteiger partial charge in [0.15, 0.2) is 0 Å². The number of anilines is 3. The molecule has 8 nitrogen and oxygen atoms in total. The summed E-state index contributed by atoms with van der Waals surface area (Å²) >= 11 is 6.27. The Hall–Kier alpha value is -4.43. The number of carbonyl (C=O) groups excluding carboxylic acids is 4. The molecule has 1 heterocycles. The molecule has 3 aromatic rings. The van der Waals surface area contributed by atoms with Crippen LogP contribution in [0.4, 0.5) is 17.1 Å². The Kier molecular flexibility index (Phi) is 7.40. The van der Waals surface area contributed by atoms with Gasteiger partial charge in [0.25, 0.3) is 17.7 Å². The summed E-state index contributed by atoms with van der Waals surface area (Å²) in [5, 5.41) is 5.40. The lowest BCUT2D eigenvalue weighted by Gasteiger charge is -2.18. The highest BCUT2D eigenvalue weighted by Crippen LogP contribution is 2.33. The number of rotatable bonds is 7. The van der Waals surface area contributed by atoms with Gasteiger partial charge in [0.2, 0.25) is 0 Å². The third-order valence-electron chi connectivity index (χ3n) is 5.87. The van der Waals surface area contributed by atoms with E-state index in [2.05, 4.69) is 10.6 Å². The van der Waals surface area contributed by atoms with Crippen LogP contribution in [0.15, 0.2) is 77.5 Å². The van der Waals surface area contributed by atoms with Gasteiger partial charge >= 0.3 is 5.97 Å². The first-order valence-electron chi connectivity index (χ1n) is 11.5. The molecule has 0 unspecified atom stereocenters. The summed E-state index contributed by atoms with van der Waals surface area (Å²) in [5.41, 5.74) is 3.52. The van der Waals surface area contributed by atoms with Gasteiger partial charge in [-0.3, -0.25) is 14.4 Å². The average molecular weight is 518 g/mol. The van der Waals surface area contributed by atoms with Crippen LogP contribution < -0.4 is 15.5 Å². The lowest BCUT2D eigenvalue weighted by atomic mass is 10.1. The van der Waals surface area contributed by atoms with Crippen molar-refractivity contribution >= 4 is 52.4 Å². The smallest absolute Gasteiger partial charge is 0.338 e. The summed E-state index contributed by atoms with van der Waals surface area (Å²) in [5.74, 6) is -2.14. The lowest BCUT2D eigenvalue weighted by Crippen LogP contribution is -2.33. The van der Waals surface area contributed by atoms with Gasteiger partial charge in [0, 0.05) is 16.9 Å². The summed E-state index contributed by atoms with van der Waals surface area (Å²) < 4.78 is 4.99. The second-order valence-electron chi connectivity index (χ2n) is 8.31. The number of amides is 3. The van der Waals surface area contributed by atoms with E-state index in [1.54, 1.807) is 55.5 Å². The van der Waals surface area contributed by atoms with Crippen LogP contribution >= 0.6 is 11.6 Å². The summed E-state index contributed by atoms with van der Waals surface area (Å²) in [6, 6.07) is 18.1. The van der Waals surface area contributed by atoms with E-state index >= 15 is 0 Å². The van der Waals surface area contributed by atoms with Gasteiger partial charge in [0.1, 0.15) is 10.7 Å². The fourth-order valence-electron chi connectivity index (χ4n) is 3.83. The number of esters is 1. The van der Waals surface area contributed by atoms with Gasteiger partial charge in [-0.2, -0.15) is 0 Å². The minimum Gasteiger partial charge on any atom is -0.462 e. The topological polar surface area (TPSA) is 105 Å². The number of aryl methyl sites for hydroxylation is 1. The Balaban J connectivity index is 1.52. The van der Waals surface area contributed by atoms with Gasteiger partial charge < -0.3 is 15.4 Å². The standard InChI is InChI=1S/C28H24ClN3O5/c1-4-37-28(36)19-10-7-12-21(15-19)31-25(33)18-9-6-11-20(14-18)30-24-23(29)26(34)32(27(24)35)22-13-5-8-16(2)17(22)3/h5-15,30H,4H2,1-3H3,(H,31,33). The van der Waals surface area contributed by atoms with Crippen LogP contribution in [0, 0.1) is 13.8 Å². The van der Waals surface area contributed by atoms with E-state index in [0.717, 1.165) is 16.0 Å². The van der Waals surface area contributed by atoms with Crippen LogP contribution in [-0.4, -0.2) is 30.3 Å². The number of nitrogens with one attached hydrogen (secondary N) is 2. The summed E-state index contributed by atoms with van der Waals surface area (Å²) in [6.45, 7) is 5.67. The van der Waals surface area contributed by atoms with E-state index in [0.29, 0.717) is 22.6 Å². The Bertz CT molecular complexity index is 1460. The second kappa shape index (κ2) is 10.7. The van der Waals surface area contributed by atoms with E-state index in [1.165, 1.54) is 12.1 Å². The largest absolute Gasteiger partial charge is 0.462 e. The van der Waals surface area contributed by atoms with Crippen LogP contribution in [-0.2, 0) is 14.3 Å². The van der Waals surface area contributed by atoms with Crippen molar-refractivity contribution in [3.8, 4) is 0 Å². The van der Waals surface area contributed by atoms with E-state index in [4.69, 9.17) is 16.3 Å². The minimum atomic E-state index is -0.627. The molecule has 0 radical (unpaired) electrons. The molecule has 9 heteroatoms. The van der Waals surface area contributed by atoms with Crippen LogP contribution in [0.25, 0.3) is 0 Å². The minimum absolute atomic E-state index is 0.0766. The molecule has 0 aliphatic carbocycles. The zero-order valence-electron chi connectivity index (χ0n) is 20.4. The number of imide groups is 1. The lowest BCUT2D eigenvalue weighted by molar-refractivity contribution is -0.120. The van der Waals surface area contributed by atoms with Gasteiger partial charge in [-0.05, 0) is 74.4 Å². The maximum atomic E-state index is 13.2. The molecular formula is C28H24ClN3O5.